The van der Waals surface area contributed by atoms with E-state index in [0.717, 1.165) is 12.8 Å². The minimum atomic E-state index is 0.186. The molecule has 0 aromatic heterocycles. The molecule has 2 aliphatic rings. The van der Waals surface area contributed by atoms with Crippen LogP contribution in [0.4, 0.5) is 0 Å². The monoisotopic (exact) mass is 271 g/mol. The van der Waals surface area contributed by atoms with E-state index in [1.165, 1.54) is 24.0 Å². The average Bonchev–Trinajstić information content (AvgIpc) is 2.70. The molecule has 2 unspecified atom stereocenters. The number of Topliss-reactive ketones (excluding diaryl/α,β-unsaturated/α-hetero) is 1. The summed E-state index contributed by atoms with van der Waals surface area (Å²) < 4.78 is 0. The predicted octanol–water partition coefficient (Wildman–Crippen LogP) is 3.40. The molecule has 108 valence electrons. The van der Waals surface area contributed by atoms with E-state index in [9.17, 15) is 4.79 Å². The van der Waals surface area contributed by atoms with Crippen molar-refractivity contribution in [2.45, 2.75) is 57.5 Å². The van der Waals surface area contributed by atoms with Crippen molar-refractivity contribution in [3.63, 3.8) is 0 Å². The topological polar surface area (TPSA) is 20.3 Å². The fraction of sp³-hybridized carbons (Fsp3) is 0.611. The van der Waals surface area contributed by atoms with Crippen molar-refractivity contribution < 1.29 is 4.79 Å². The summed E-state index contributed by atoms with van der Waals surface area (Å²) >= 11 is 0. The largest absolute Gasteiger partial charge is 0.300 e. The molecule has 0 radical (unpaired) electrons. The van der Waals surface area contributed by atoms with E-state index in [4.69, 9.17) is 0 Å². The van der Waals surface area contributed by atoms with Gasteiger partial charge in [-0.2, -0.15) is 0 Å². The SMILES string of the molecule is CCc1ccc([C@H]2CC3CCC([C@@H]2C(C)=O)N3C)cc1. The molecule has 2 heterocycles. The van der Waals surface area contributed by atoms with Gasteiger partial charge in [-0.3, -0.25) is 9.69 Å². The van der Waals surface area contributed by atoms with Crippen molar-refractivity contribution in [1.29, 1.82) is 0 Å². The number of nitrogens with zero attached hydrogens (tertiary/aromatic N) is 1. The number of hydrogen-bond acceptors (Lipinski definition) is 2. The lowest BCUT2D eigenvalue weighted by molar-refractivity contribution is -0.124. The molecule has 1 aromatic carbocycles. The quantitative estimate of drug-likeness (QED) is 0.839. The summed E-state index contributed by atoms with van der Waals surface area (Å²) in [4.78, 5) is 14.7. The molecule has 0 spiro atoms. The predicted molar refractivity (Wildman–Crippen MR) is 81.9 cm³/mol. The lowest BCUT2D eigenvalue weighted by Crippen LogP contribution is -2.48. The van der Waals surface area contributed by atoms with Crippen LogP contribution in [0, 0.1) is 5.92 Å². The van der Waals surface area contributed by atoms with E-state index in [2.05, 4.69) is 43.1 Å². The van der Waals surface area contributed by atoms with Crippen molar-refractivity contribution in [2.75, 3.05) is 7.05 Å². The second-order valence-corrected chi connectivity index (χ2v) is 6.54. The molecule has 0 N–H and O–H groups in total. The van der Waals surface area contributed by atoms with Crippen molar-refractivity contribution in [3.05, 3.63) is 35.4 Å². The third kappa shape index (κ3) is 2.20. The summed E-state index contributed by atoms with van der Waals surface area (Å²) in [5.74, 6) is 0.977. The molecule has 20 heavy (non-hydrogen) atoms. The maximum atomic E-state index is 12.2. The molecule has 2 saturated heterocycles. The van der Waals surface area contributed by atoms with Gasteiger partial charge in [0.15, 0.2) is 0 Å². The highest BCUT2D eigenvalue weighted by atomic mass is 16.1. The summed E-state index contributed by atoms with van der Waals surface area (Å²) in [5, 5.41) is 0. The molecule has 0 aliphatic carbocycles. The van der Waals surface area contributed by atoms with Crippen LogP contribution >= 0.6 is 0 Å². The van der Waals surface area contributed by atoms with Crippen LogP contribution in [0.25, 0.3) is 0 Å². The number of rotatable bonds is 3. The highest BCUT2D eigenvalue weighted by Gasteiger charge is 2.47. The first-order chi connectivity index (χ1) is 9.61. The lowest BCUT2D eigenvalue weighted by Gasteiger charge is -2.42. The first kappa shape index (κ1) is 13.8. The molecule has 2 fully saturated rings. The second-order valence-electron chi connectivity index (χ2n) is 6.54. The smallest absolute Gasteiger partial charge is 0.135 e. The van der Waals surface area contributed by atoms with E-state index in [1.54, 1.807) is 6.92 Å². The van der Waals surface area contributed by atoms with E-state index in [1.807, 2.05) is 0 Å². The number of piperidine rings is 1. The van der Waals surface area contributed by atoms with Gasteiger partial charge in [0.05, 0.1) is 0 Å². The highest BCUT2D eigenvalue weighted by Crippen LogP contribution is 2.46. The lowest BCUT2D eigenvalue weighted by atomic mass is 9.74. The summed E-state index contributed by atoms with van der Waals surface area (Å²) in [6, 6.07) is 10.1. The van der Waals surface area contributed by atoms with Crippen molar-refractivity contribution in [1.82, 2.24) is 4.90 Å². The number of carbonyl (C=O) groups excluding carboxylic acids is 1. The Morgan fingerprint density at radius 2 is 1.95 bits per heavy atom. The Morgan fingerprint density at radius 1 is 1.25 bits per heavy atom. The van der Waals surface area contributed by atoms with Gasteiger partial charge in [-0.05, 0) is 56.7 Å². The van der Waals surface area contributed by atoms with Crippen LogP contribution < -0.4 is 0 Å². The maximum absolute atomic E-state index is 12.2. The molecule has 0 amide bonds. The third-order valence-electron chi connectivity index (χ3n) is 5.55. The fourth-order valence-corrected chi connectivity index (χ4v) is 4.36. The Morgan fingerprint density at radius 3 is 2.55 bits per heavy atom. The van der Waals surface area contributed by atoms with Crippen molar-refractivity contribution in [2.24, 2.45) is 5.92 Å². The summed E-state index contributed by atoms with van der Waals surface area (Å²) in [5.41, 5.74) is 2.75. The van der Waals surface area contributed by atoms with Gasteiger partial charge in [-0.1, -0.05) is 31.2 Å². The number of benzene rings is 1. The van der Waals surface area contributed by atoms with Crippen LogP contribution in [-0.2, 0) is 11.2 Å². The Hall–Kier alpha value is -1.15. The highest BCUT2D eigenvalue weighted by molar-refractivity contribution is 5.80. The Kier molecular flexibility index (Phi) is 3.68. The van der Waals surface area contributed by atoms with Gasteiger partial charge in [-0.15, -0.1) is 0 Å². The second kappa shape index (κ2) is 5.33. The van der Waals surface area contributed by atoms with Crippen LogP contribution in [0.15, 0.2) is 24.3 Å². The van der Waals surface area contributed by atoms with Gasteiger partial charge in [0.2, 0.25) is 0 Å². The summed E-state index contributed by atoms with van der Waals surface area (Å²) in [6.45, 7) is 3.97. The van der Waals surface area contributed by atoms with Crippen LogP contribution in [0.2, 0.25) is 0 Å². The molecule has 0 saturated carbocycles. The molecular formula is C18H25NO. The Labute approximate surface area is 122 Å². The van der Waals surface area contributed by atoms with Crippen LogP contribution in [0.1, 0.15) is 50.2 Å². The standard InChI is InChI=1S/C18H25NO/c1-4-13-5-7-14(8-6-13)16-11-15-9-10-17(19(15)3)18(16)12(2)20/h5-8,15-18H,4,9-11H2,1-3H3/t15?,16-,17?,18-/m1/s1. The zero-order valence-electron chi connectivity index (χ0n) is 12.8. The molecule has 2 aliphatic heterocycles. The van der Waals surface area contributed by atoms with Crippen LogP contribution in [-0.4, -0.2) is 29.8 Å². The third-order valence-corrected chi connectivity index (χ3v) is 5.55. The van der Waals surface area contributed by atoms with Crippen LogP contribution in [0.5, 0.6) is 0 Å². The number of hydrogen-bond donors (Lipinski definition) is 0. The zero-order valence-corrected chi connectivity index (χ0v) is 12.8. The minimum absolute atomic E-state index is 0.186. The summed E-state index contributed by atoms with van der Waals surface area (Å²) in [6.07, 6.45) is 4.67. The molecule has 2 bridgehead atoms. The van der Waals surface area contributed by atoms with Crippen molar-refractivity contribution >= 4 is 5.78 Å². The fourth-order valence-electron chi connectivity index (χ4n) is 4.36. The van der Waals surface area contributed by atoms with Crippen molar-refractivity contribution in [3.8, 4) is 0 Å². The molecule has 3 rings (SSSR count). The maximum Gasteiger partial charge on any atom is 0.135 e. The number of carbonyl (C=O) groups is 1. The van der Waals surface area contributed by atoms with Gasteiger partial charge < -0.3 is 0 Å². The van der Waals surface area contributed by atoms with Crippen LogP contribution in [0.3, 0.4) is 0 Å². The molecule has 1 aromatic rings. The number of ketones is 1. The average molecular weight is 271 g/mol. The Bertz CT molecular complexity index is 493. The summed E-state index contributed by atoms with van der Waals surface area (Å²) in [7, 11) is 2.20. The number of fused-ring (bicyclic) bond motifs is 2. The molecule has 4 atom stereocenters. The molecular weight excluding hydrogens is 246 g/mol. The van der Waals surface area contributed by atoms with E-state index < -0.39 is 0 Å². The van der Waals surface area contributed by atoms with Gasteiger partial charge in [0.1, 0.15) is 5.78 Å². The molecule has 2 heteroatoms. The van der Waals surface area contributed by atoms with E-state index in [-0.39, 0.29) is 5.92 Å². The Balaban J connectivity index is 1.92. The minimum Gasteiger partial charge on any atom is -0.300 e. The first-order valence-electron chi connectivity index (χ1n) is 7.93. The molecule has 2 nitrogen and oxygen atoms in total. The zero-order chi connectivity index (χ0) is 14.3. The van der Waals surface area contributed by atoms with Gasteiger partial charge in [0, 0.05) is 18.0 Å². The number of aryl methyl sites for hydroxylation is 1. The van der Waals surface area contributed by atoms with Gasteiger partial charge in [-0.25, -0.2) is 0 Å². The normalized spacial score (nSPS) is 33.4. The first-order valence-corrected chi connectivity index (χ1v) is 7.93. The van der Waals surface area contributed by atoms with E-state index >= 15 is 0 Å². The van der Waals surface area contributed by atoms with E-state index in [0.29, 0.717) is 23.8 Å². The van der Waals surface area contributed by atoms with Gasteiger partial charge >= 0.3 is 0 Å². The van der Waals surface area contributed by atoms with Gasteiger partial charge in [0.25, 0.3) is 0 Å².